The number of nitrogens with one attached hydrogen (secondary N) is 2. The Balaban J connectivity index is 1.43. The normalized spacial score (nSPS) is 16.2. The van der Waals surface area contributed by atoms with Gasteiger partial charge < -0.3 is 14.8 Å². The molecule has 3 amide bonds. The highest BCUT2D eigenvalue weighted by Gasteiger charge is 2.34. The van der Waals surface area contributed by atoms with E-state index in [4.69, 9.17) is 0 Å². The fourth-order valence-corrected chi connectivity index (χ4v) is 4.19. The molecule has 0 aliphatic carbocycles. The van der Waals surface area contributed by atoms with Gasteiger partial charge in [0.2, 0.25) is 0 Å². The molecule has 1 aliphatic rings. The lowest BCUT2D eigenvalue weighted by atomic mass is 10.2. The van der Waals surface area contributed by atoms with E-state index < -0.39 is 0 Å². The molecular weight excluding hydrogens is 376 g/mol. The molecule has 0 saturated carbocycles. The van der Waals surface area contributed by atoms with Gasteiger partial charge in [0.25, 0.3) is 5.91 Å². The van der Waals surface area contributed by atoms with E-state index in [2.05, 4.69) is 20.8 Å². The van der Waals surface area contributed by atoms with Crippen molar-refractivity contribution in [2.24, 2.45) is 7.05 Å². The highest BCUT2D eigenvalue weighted by molar-refractivity contribution is 7.18. The van der Waals surface area contributed by atoms with Crippen LogP contribution in [0.4, 0.5) is 15.5 Å². The van der Waals surface area contributed by atoms with Crippen LogP contribution in [0.25, 0.3) is 0 Å². The van der Waals surface area contributed by atoms with Crippen LogP contribution in [-0.4, -0.2) is 38.1 Å². The number of hydrogen-bond acceptors (Lipinski definition) is 5. The van der Waals surface area contributed by atoms with Crippen molar-refractivity contribution in [3.05, 3.63) is 59.5 Å². The lowest BCUT2D eigenvalue weighted by Gasteiger charge is -2.23. The van der Waals surface area contributed by atoms with E-state index >= 15 is 0 Å². The number of amides is 3. The second kappa shape index (κ2) is 7.81. The van der Waals surface area contributed by atoms with Crippen LogP contribution in [0.5, 0.6) is 0 Å². The van der Waals surface area contributed by atoms with Gasteiger partial charge in [-0.05, 0) is 37.1 Å². The number of urea groups is 1. The van der Waals surface area contributed by atoms with E-state index in [0.29, 0.717) is 22.1 Å². The van der Waals surface area contributed by atoms with Crippen LogP contribution >= 0.6 is 11.3 Å². The first kappa shape index (κ1) is 18.2. The fraction of sp³-hybridized carbons (Fsp3) is 0.263. The van der Waals surface area contributed by atoms with E-state index in [-0.39, 0.29) is 18.0 Å². The Morgan fingerprint density at radius 3 is 2.71 bits per heavy atom. The van der Waals surface area contributed by atoms with Crippen molar-refractivity contribution in [2.45, 2.75) is 18.9 Å². The van der Waals surface area contributed by atoms with E-state index in [9.17, 15) is 9.59 Å². The molecule has 144 valence electrons. The van der Waals surface area contributed by atoms with Crippen molar-refractivity contribution >= 4 is 34.0 Å². The maximum absolute atomic E-state index is 13.0. The molecule has 2 aromatic heterocycles. The minimum Gasteiger partial charge on any atom is -0.328 e. The van der Waals surface area contributed by atoms with Gasteiger partial charge in [-0.2, -0.15) is 0 Å². The summed E-state index contributed by atoms with van der Waals surface area (Å²) in [6.45, 7) is 0.686. The van der Waals surface area contributed by atoms with Crippen LogP contribution in [-0.2, 0) is 7.05 Å². The van der Waals surface area contributed by atoms with Crippen molar-refractivity contribution in [3.8, 4) is 0 Å². The van der Waals surface area contributed by atoms with Crippen molar-refractivity contribution in [3.63, 3.8) is 0 Å². The molecule has 28 heavy (non-hydrogen) atoms. The highest BCUT2D eigenvalue weighted by atomic mass is 32.1. The number of hydrogen-bond donors (Lipinski definition) is 2. The minimum atomic E-state index is -0.342. The van der Waals surface area contributed by atoms with E-state index in [1.165, 1.54) is 11.3 Å². The Morgan fingerprint density at radius 2 is 1.96 bits per heavy atom. The van der Waals surface area contributed by atoms with Gasteiger partial charge in [0.15, 0.2) is 5.82 Å². The molecule has 3 heterocycles. The van der Waals surface area contributed by atoms with E-state index in [1.54, 1.807) is 18.5 Å². The molecule has 0 radical (unpaired) electrons. The number of anilines is 2. The van der Waals surface area contributed by atoms with Crippen molar-refractivity contribution in [2.75, 3.05) is 17.2 Å². The number of aryl methyl sites for hydroxylation is 1. The average Bonchev–Trinajstić information content (AvgIpc) is 3.42. The quantitative estimate of drug-likeness (QED) is 0.706. The number of carbonyl (C=O) groups is 2. The number of aromatic nitrogens is 3. The van der Waals surface area contributed by atoms with Crippen LogP contribution in [0.1, 0.15) is 34.4 Å². The highest BCUT2D eigenvalue weighted by Crippen LogP contribution is 2.33. The first-order valence-corrected chi connectivity index (χ1v) is 9.81. The standard InChI is InChI=1S/C19H20N6O2S/c1-24-12-20-23-17(24)14-8-5-11-25(14)18(26)15-9-10-16(28-15)22-19(27)21-13-6-3-2-4-7-13/h2-4,6-7,9-10,12,14H,5,8,11H2,1H3,(H2,21,22,27)/t14-/m1/s1. The lowest BCUT2D eigenvalue weighted by molar-refractivity contribution is 0.0733. The summed E-state index contributed by atoms with van der Waals surface area (Å²) in [6.07, 6.45) is 3.45. The number of benzene rings is 1. The largest absolute Gasteiger partial charge is 0.328 e. The number of nitrogens with zero attached hydrogens (tertiary/aromatic N) is 4. The topological polar surface area (TPSA) is 92.2 Å². The number of para-hydroxylation sites is 1. The minimum absolute atomic E-state index is 0.0491. The van der Waals surface area contributed by atoms with Crippen molar-refractivity contribution in [1.29, 1.82) is 0 Å². The predicted molar refractivity (Wildman–Crippen MR) is 107 cm³/mol. The smallest absolute Gasteiger partial charge is 0.324 e. The number of thiophene rings is 1. The van der Waals surface area contributed by atoms with Gasteiger partial charge in [0.1, 0.15) is 6.33 Å². The molecule has 0 spiro atoms. The summed E-state index contributed by atoms with van der Waals surface area (Å²) in [7, 11) is 1.88. The van der Waals surface area contributed by atoms with E-state index in [0.717, 1.165) is 18.7 Å². The van der Waals surface area contributed by atoms with Crippen LogP contribution in [0.15, 0.2) is 48.8 Å². The molecular formula is C19H20N6O2S. The zero-order chi connectivity index (χ0) is 19.5. The fourth-order valence-electron chi connectivity index (χ4n) is 3.33. The van der Waals surface area contributed by atoms with Gasteiger partial charge in [-0.15, -0.1) is 21.5 Å². The summed E-state index contributed by atoms with van der Waals surface area (Å²) < 4.78 is 1.85. The summed E-state index contributed by atoms with van der Waals surface area (Å²) in [5.74, 6) is 0.745. The summed E-state index contributed by atoms with van der Waals surface area (Å²) >= 11 is 1.26. The van der Waals surface area contributed by atoms with Gasteiger partial charge >= 0.3 is 6.03 Å². The van der Waals surface area contributed by atoms with Gasteiger partial charge in [0.05, 0.1) is 15.9 Å². The Hall–Kier alpha value is -3.20. The van der Waals surface area contributed by atoms with Gasteiger partial charge in [-0.3, -0.25) is 10.1 Å². The zero-order valence-corrected chi connectivity index (χ0v) is 16.1. The van der Waals surface area contributed by atoms with Crippen LogP contribution in [0.2, 0.25) is 0 Å². The number of rotatable bonds is 4. The third-order valence-corrected chi connectivity index (χ3v) is 5.63. The molecule has 8 nitrogen and oxygen atoms in total. The lowest BCUT2D eigenvalue weighted by Crippen LogP contribution is -2.31. The Kier molecular flexibility index (Phi) is 5.07. The molecule has 2 N–H and O–H groups in total. The van der Waals surface area contributed by atoms with Gasteiger partial charge in [-0.1, -0.05) is 18.2 Å². The molecule has 1 fully saturated rings. The molecule has 1 saturated heterocycles. The first-order chi connectivity index (χ1) is 13.6. The maximum atomic E-state index is 13.0. The second-order valence-electron chi connectivity index (χ2n) is 6.57. The van der Waals surface area contributed by atoms with Crippen LogP contribution < -0.4 is 10.6 Å². The molecule has 0 bridgehead atoms. The molecule has 1 aromatic carbocycles. The second-order valence-corrected chi connectivity index (χ2v) is 7.65. The van der Waals surface area contributed by atoms with Crippen LogP contribution in [0.3, 0.4) is 0 Å². The predicted octanol–water partition coefficient (Wildman–Crippen LogP) is 3.50. The SMILES string of the molecule is Cn1cnnc1[C@H]1CCCN1C(=O)c1ccc(NC(=O)Nc2ccccc2)s1. The Labute approximate surface area is 166 Å². The summed E-state index contributed by atoms with van der Waals surface area (Å²) in [5.41, 5.74) is 0.705. The maximum Gasteiger partial charge on any atom is 0.324 e. The van der Waals surface area contributed by atoms with Crippen molar-refractivity contribution in [1.82, 2.24) is 19.7 Å². The Bertz CT molecular complexity index is 983. The van der Waals surface area contributed by atoms with E-state index in [1.807, 2.05) is 46.8 Å². The third-order valence-electron chi connectivity index (χ3n) is 4.64. The Morgan fingerprint density at radius 1 is 1.14 bits per heavy atom. The monoisotopic (exact) mass is 396 g/mol. The van der Waals surface area contributed by atoms with Gasteiger partial charge in [-0.25, -0.2) is 4.79 Å². The third kappa shape index (κ3) is 3.74. The van der Waals surface area contributed by atoms with Gasteiger partial charge in [0, 0.05) is 19.3 Å². The number of carbonyl (C=O) groups excluding carboxylic acids is 2. The molecule has 9 heteroatoms. The van der Waals surface area contributed by atoms with Crippen LogP contribution in [0, 0.1) is 0 Å². The van der Waals surface area contributed by atoms with Crippen molar-refractivity contribution < 1.29 is 9.59 Å². The average molecular weight is 396 g/mol. The molecule has 1 atom stereocenters. The zero-order valence-electron chi connectivity index (χ0n) is 15.3. The number of likely N-dealkylation sites (tertiary alicyclic amines) is 1. The molecule has 1 aliphatic heterocycles. The first-order valence-electron chi connectivity index (χ1n) is 8.99. The summed E-state index contributed by atoms with van der Waals surface area (Å²) in [6, 6.07) is 12.3. The summed E-state index contributed by atoms with van der Waals surface area (Å²) in [4.78, 5) is 27.6. The molecule has 3 aromatic rings. The summed E-state index contributed by atoms with van der Waals surface area (Å²) in [5, 5.41) is 14.2. The molecule has 0 unspecified atom stereocenters. The molecule has 4 rings (SSSR count).